The van der Waals surface area contributed by atoms with E-state index in [-0.39, 0.29) is 5.41 Å². The van der Waals surface area contributed by atoms with Gasteiger partial charge in [0, 0.05) is 32.2 Å². The third-order valence-corrected chi connectivity index (χ3v) is 3.20. The highest BCUT2D eigenvalue weighted by atomic mass is 16.5. The predicted molar refractivity (Wildman–Crippen MR) is 95.3 cm³/mol. The summed E-state index contributed by atoms with van der Waals surface area (Å²) in [4.78, 5) is 8.80. The molecule has 2 N–H and O–H groups in total. The number of hydrogen-bond donors (Lipinski definition) is 2. The van der Waals surface area contributed by atoms with Crippen molar-refractivity contribution in [1.29, 1.82) is 0 Å². The molecule has 7 nitrogen and oxygen atoms in total. The van der Waals surface area contributed by atoms with Crippen molar-refractivity contribution in [3.05, 3.63) is 17.8 Å². The molecule has 7 heteroatoms. The zero-order valence-corrected chi connectivity index (χ0v) is 15.6. The number of methoxy groups -OCH3 is 1. The molecule has 1 heterocycles. The SMILES string of the molecule is CCNC(=NCc1ncc(C(C)(C)C)o1)NCCCOCCOC. The van der Waals surface area contributed by atoms with Gasteiger partial charge in [0.05, 0.1) is 19.4 Å². The molecule has 24 heavy (non-hydrogen) atoms. The fourth-order valence-corrected chi connectivity index (χ4v) is 1.84. The van der Waals surface area contributed by atoms with Crippen molar-refractivity contribution in [2.45, 2.75) is 46.1 Å². The first-order valence-electron chi connectivity index (χ1n) is 8.51. The molecule has 0 spiro atoms. The molecule has 1 aromatic rings. The molecular weight excluding hydrogens is 308 g/mol. The van der Waals surface area contributed by atoms with Crippen molar-refractivity contribution in [2.24, 2.45) is 4.99 Å². The van der Waals surface area contributed by atoms with Gasteiger partial charge in [-0.3, -0.25) is 0 Å². The van der Waals surface area contributed by atoms with E-state index in [0.29, 0.717) is 32.3 Å². The Balaban J connectivity index is 2.38. The number of aliphatic imine (C=N–C) groups is 1. The molecule has 1 rings (SSSR count). The fourth-order valence-electron chi connectivity index (χ4n) is 1.84. The van der Waals surface area contributed by atoms with Crippen LogP contribution < -0.4 is 10.6 Å². The molecule has 1 aromatic heterocycles. The van der Waals surface area contributed by atoms with E-state index >= 15 is 0 Å². The average molecular weight is 340 g/mol. The Morgan fingerprint density at radius 2 is 2.04 bits per heavy atom. The summed E-state index contributed by atoms with van der Waals surface area (Å²) in [6.07, 6.45) is 2.68. The molecule has 0 amide bonds. The summed E-state index contributed by atoms with van der Waals surface area (Å²) in [6, 6.07) is 0. The smallest absolute Gasteiger partial charge is 0.216 e. The molecule has 0 saturated carbocycles. The van der Waals surface area contributed by atoms with Gasteiger partial charge in [0.25, 0.3) is 0 Å². The molecular formula is C17H32N4O3. The lowest BCUT2D eigenvalue weighted by Crippen LogP contribution is -2.38. The van der Waals surface area contributed by atoms with Gasteiger partial charge in [0.15, 0.2) is 5.96 Å². The van der Waals surface area contributed by atoms with Gasteiger partial charge in [-0.25, -0.2) is 9.98 Å². The number of oxazole rings is 1. The van der Waals surface area contributed by atoms with Crippen LogP contribution in [0.5, 0.6) is 0 Å². The number of ether oxygens (including phenoxy) is 2. The van der Waals surface area contributed by atoms with Gasteiger partial charge < -0.3 is 24.5 Å². The van der Waals surface area contributed by atoms with E-state index in [0.717, 1.165) is 31.2 Å². The minimum absolute atomic E-state index is 0.0411. The molecule has 0 aliphatic carbocycles. The molecule has 0 aromatic carbocycles. The van der Waals surface area contributed by atoms with Crippen LogP contribution in [-0.2, 0) is 21.4 Å². The van der Waals surface area contributed by atoms with Crippen LogP contribution in [0.3, 0.4) is 0 Å². The maximum Gasteiger partial charge on any atom is 0.216 e. The summed E-state index contributed by atoms with van der Waals surface area (Å²) in [5.74, 6) is 2.25. The normalized spacial score (nSPS) is 12.5. The van der Waals surface area contributed by atoms with E-state index in [1.165, 1.54) is 0 Å². The second kappa shape index (κ2) is 11.0. The van der Waals surface area contributed by atoms with Crippen molar-refractivity contribution in [2.75, 3.05) is 40.0 Å². The molecule has 0 aliphatic heterocycles. The lowest BCUT2D eigenvalue weighted by atomic mass is 9.94. The second-order valence-corrected chi connectivity index (χ2v) is 6.45. The number of aromatic nitrogens is 1. The number of nitrogens with zero attached hydrogens (tertiary/aromatic N) is 2. The molecule has 0 saturated heterocycles. The molecule has 0 radical (unpaired) electrons. The fraction of sp³-hybridized carbons (Fsp3) is 0.765. The van der Waals surface area contributed by atoms with Crippen molar-refractivity contribution in [1.82, 2.24) is 15.6 Å². The standard InChI is InChI=1S/C17H32N4O3/c1-6-18-16(19-8-7-9-23-11-10-22-5)21-13-15-20-12-14(24-15)17(2,3)4/h12H,6-11,13H2,1-5H3,(H2,18,19,21). The van der Waals surface area contributed by atoms with Gasteiger partial charge in [-0.1, -0.05) is 20.8 Å². The topological polar surface area (TPSA) is 80.9 Å². The molecule has 0 unspecified atom stereocenters. The van der Waals surface area contributed by atoms with Crippen LogP contribution >= 0.6 is 0 Å². The zero-order chi connectivity index (χ0) is 17.8. The Labute approximate surface area is 145 Å². The van der Waals surface area contributed by atoms with E-state index in [1.54, 1.807) is 13.3 Å². The lowest BCUT2D eigenvalue weighted by Gasteiger charge is -2.13. The van der Waals surface area contributed by atoms with Gasteiger partial charge in [-0.05, 0) is 13.3 Å². The van der Waals surface area contributed by atoms with Crippen molar-refractivity contribution in [3.8, 4) is 0 Å². The highest BCUT2D eigenvalue weighted by Crippen LogP contribution is 2.22. The van der Waals surface area contributed by atoms with Crippen molar-refractivity contribution >= 4 is 5.96 Å². The summed E-state index contributed by atoms with van der Waals surface area (Å²) in [6.45, 7) is 12.3. The molecule has 0 atom stereocenters. The number of rotatable bonds is 10. The zero-order valence-electron chi connectivity index (χ0n) is 15.6. The second-order valence-electron chi connectivity index (χ2n) is 6.45. The van der Waals surface area contributed by atoms with Crippen LogP contribution in [0.4, 0.5) is 0 Å². The molecule has 0 aliphatic rings. The van der Waals surface area contributed by atoms with Crippen LogP contribution in [0.25, 0.3) is 0 Å². The first kappa shape index (κ1) is 20.4. The van der Waals surface area contributed by atoms with E-state index in [2.05, 4.69) is 41.4 Å². The van der Waals surface area contributed by atoms with Crippen molar-refractivity contribution in [3.63, 3.8) is 0 Å². The van der Waals surface area contributed by atoms with Gasteiger partial charge in [-0.15, -0.1) is 0 Å². The summed E-state index contributed by atoms with van der Waals surface area (Å²) < 4.78 is 16.1. The summed E-state index contributed by atoms with van der Waals surface area (Å²) in [5, 5.41) is 6.49. The van der Waals surface area contributed by atoms with E-state index in [4.69, 9.17) is 13.9 Å². The summed E-state index contributed by atoms with van der Waals surface area (Å²) in [5.41, 5.74) is -0.0411. The highest BCUT2D eigenvalue weighted by Gasteiger charge is 2.18. The van der Waals surface area contributed by atoms with E-state index in [1.807, 2.05) is 6.92 Å². The Bertz CT molecular complexity index is 480. The molecule has 0 fully saturated rings. The first-order valence-corrected chi connectivity index (χ1v) is 8.51. The summed E-state index contributed by atoms with van der Waals surface area (Å²) in [7, 11) is 1.67. The minimum Gasteiger partial charge on any atom is -0.443 e. The molecule has 0 bridgehead atoms. The minimum atomic E-state index is -0.0411. The molecule has 138 valence electrons. The van der Waals surface area contributed by atoms with Gasteiger partial charge in [0.1, 0.15) is 12.3 Å². The summed E-state index contributed by atoms with van der Waals surface area (Å²) >= 11 is 0. The van der Waals surface area contributed by atoms with Crippen LogP contribution in [0, 0.1) is 0 Å². The monoisotopic (exact) mass is 340 g/mol. The first-order chi connectivity index (χ1) is 11.5. The van der Waals surface area contributed by atoms with Crippen LogP contribution in [0.15, 0.2) is 15.6 Å². The van der Waals surface area contributed by atoms with Crippen LogP contribution in [0.1, 0.15) is 45.8 Å². The third kappa shape index (κ3) is 8.31. The average Bonchev–Trinajstić information content (AvgIpc) is 3.01. The highest BCUT2D eigenvalue weighted by molar-refractivity contribution is 5.79. The van der Waals surface area contributed by atoms with Crippen LogP contribution in [-0.4, -0.2) is 51.0 Å². The van der Waals surface area contributed by atoms with Gasteiger partial charge >= 0.3 is 0 Å². The largest absolute Gasteiger partial charge is 0.443 e. The van der Waals surface area contributed by atoms with Gasteiger partial charge in [0.2, 0.25) is 5.89 Å². The van der Waals surface area contributed by atoms with Crippen LogP contribution in [0.2, 0.25) is 0 Å². The lowest BCUT2D eigenvalue weighted by molar-refractivity contribution is 0.0698. The maximum atomic E-state index is 5.75. The Kier molecular flexibility index (Phi) is 9.41. The Morgan fingerprint density at radius 3 is 2.67 bits per heavy atom. The van der Waals surface area contributed by atoms with E-state index < -0.39 is 0 Å². The van der Waals surface area contributed by atoms with E-state index in [9.17, 15) is 0 Å². The number of guanidine groups is 1. The van der Waals surface area contributed by atoms with Gasteiger partial charge in [-0.2, -0.15) is 0 Å². The quantitative estimate of drug-likeness (QED) is 0.386. The van der Waals surface area contributed by atoms with Crippen molar-refractivity contribution < 1.29 is 13.9 Å². The Hall–Kier alpha value is -1.60. The number of hydrogen-bond acceptors (Lipinski definition) is 5. The predicted octanol–water partition coefficient (Wildman–Crippen LogP) is 2.08. The third-order valence-electron chi connectivity index (χ3n) is 3.20. The maximum absolute atomic E-state index is 5.75. The number of nitrogens with one attached hydrogen (secondary N) is 2. The Morgan fingerprint density at radius 1 is 1.25 bits per heavy atom.